The molecule has 0 aliphatic carbocycles. The van der Waals surface area contributed by atoms with Crippen molar-refractivity contribution >= 4 is 40.4 Å². The number of ether oxygens (including phenoxy) is 1. The monoisotopic (exact) mass is 490 g/mol. The van der Waals surface area contributed by atoms with Crippen LogP contribution in [0.3, 0.4) is 0 Å². The maximum absolute atomic E-state index is 13.6. The fourth-order valence-corrected chi connectivity index (χ4v) is 4.80. The molecule has 2 heterocycles. The molecule has 0 N–H and O–H groups in total. The zero-order valence-electron chi connectivity index (χ0n) is 18.6. The molecule has 2 aromatic carbocycles. The van der Waals surface area contributed by atoms with Crippen molar-refractivity contribution in [3.63, 3.8) is 0 Å². The van der Waals surface area contributed by atoms with Crippen molar-refractivity contribution in [3.8, 4) is 17.5 Å². The third-order valence-corrected chi connectivity index (χ3v) is 6.73. The van der Waals surface area contributed by atoms with Gasteiger partial charge in [-0.25, -0.2) is 0 Å². The van der Waals surface area contributed by atoms with Crippen LogP contribution in [0, 0.1) is 18.3 Å². The quantitative estimate of drug-likeness (QED) is 0.401. The smallest absolute Gasteiger partial charge is 0.273 e. The lowest BCUT2D eigenvalue weighted by atomic mass is 10.0. The highest BCUT2D eigenvalue weighted by molar-refractivity contribution is 7.07. The lowest BCUT2D eigenvalue weighted by Crippen LogP contribution is -2.32. The Kier molecular flexibility index (Phi) is 6.50. The van der Waals surface area contributed by atoms with Crippen LogP contribution in [0.25, 0.3) is 17.3 Å². The Bertz CT molecular complexity index is 1640. The average molecular weight is 491 g/mol. The first-order valence-corrected chi connectivity index (χ1v) is 11.3. The molecule has 4 rings (SSSR count). The Labute approximate surface area is 204 Å². The number of ketones is 1. The second kappa shape index (κ2) is 9.51. The molecule has 0 aliphatic rings. The Morgan fingerprint density at radius 2 is 2.00 bits per heavy atom. The molecule has 2 aromatic heterocycles. The van der Waals surface area contributed by atoms with Crippen LogP contribution in [0.2, 0.25) is 5.02 Å². The molecule has 34 heavy (non-hydrogen) atoms. The standard InChI is InChI=1S/C25H19ClN4O3S/c1-15-19(26)8-6-9-20(15)30-24(32)22(11-16-13-28-29(2)14-16)34-25(30)18(12-27)23(31)17-7-4-5-10-21(17)33-3/h4-11,13-14H,1-3H3/b22-11+,25-18-. The minimum absolute atomic E-state index is 0.170. The van der Waals surface area contributed by atoms with Crippen LogP contribution < -0.4 is 19.5 Å². The van der Waals surface area contributed by atoms with Gasteiger partial charge in [0.05, 0.1) is 29.1 Å². The van der Waals surface area contributed by atoms with E-state index in [9.17, 15) is 14.9 Å². The highest BCUT2D eigenvalue weighted by Gasteiger charge is 2.22. The predicted octanol–water partition coefficient (Wildman–Crippen LogP) is 2.99. The summed E-state index contributed by atoms with van der Waals surface area (Å²) >= 11 is 7.40. The van der Waals surface area contributed by atoms with Gasteiger partial charge in [0, 0.05) is 23.8 Å². The maximum atomic E-state index is 13.6. The first-order chi connectivity index (χ1) is 16.3. The zero-order valence-corrected chi connectivity index (χ0v) is 20.1. The zero-order chi connectivity index (χ0) is 24.4. The largest absolute Gasteiger partial charge is 0.496 e. The molecular formula is C25H19ClN4O3S. The molecule has 0 saturated heterocycles. The van der Waals surface area contributed by atoms with Crippen LogP contribution >= 0.6 is 22.9 Å². The van der Waals surface area contributed by atoms with Gasteiger partial charge in [0.25, 0.3) is 5.56 Å². The van der Waals surface area contributed by atoms with Gasteiger partial charge in [0.15, 0.2) is 0 Å². The van der Waals surface area contributed by atoms with Crippen molar-refractivity contribution in [2.75, 3.05) is 7.11 Å². The van der Waals surface area contributed by atoms with Gasteiger partial charge in [-0.15, -0.1) is 11.3 Å². The lowest BCUT2D eigenvalue weighted by Gasteiger charge is -2.09. The van der Waals surface area contributed by atoms with Crippen molar-refractivity contribution in [2.45, 2.75) is 6.92 Å². The molecule has 4 aromatic rings. The van der Waals surface area contributed by atoms with Crippen molar-refractivity contribution < 1.29 is 9.53 Å². The fourth-order valence-electron chi connectivity index (χ4n) is 3.54. The number of halogens is 1. The maximum Gasteiger partial charge on any atom is 0.273 e. The molecule has 0 aliphatic heterocycles. The van der Waals surface area contributed by atoms with E-state index in [1.54, 1.807) is 79.6 Å². The highest BCUT2D eigenvalue weighted by atomic mass is 35.5. The van der Waals surface area contributed by atoms with E-state index in [0.29, 0.717) is 26.6 Å². The summed E-state index contributed by atoms with van der Waals surface area (Å²) in [5, 5.41) is 14.7. The Hall–Kier alpha value is -3.93. The minimum atomic E-state index is -0.539. The number of hydrogen-bond donors (Lipinski definition) is 0. The normalized spacial score (nSPS) is 12.4. The molecule has 0 amide bonds. The molecule has 9 heteroatoms. The van der Waals surface area contributed by atoms with E-state index in [4.69, 9.17) is 16.3 Å². The summed E-state index contributed by atoms with van der Waals surface area (Å²) in [5.74, 6) is -0.200. The van der Waals surface area contributed by atoms with Gasteiger partial charge in [-0.3, -0.25) is 18.8 Å². The summed E-state index contributed by atoms with van der Waals surface area (Å²) in [5.41, 5.74) is 1.56. The summed E-state index contributed by atoms with van der Waals surface area (Å²) in [7, 11) is 3.23. The van der Waals surface area contributed by atoms with E-state index >= 15 is 0 Å². The van der Waals surface area contributed by atoms with Gasteiger partial charge >= 0.3 is 0 Å². The van der Waals surface area contributed by atoms with E-state index in [1.165, 1.54) is 11.7 Å². The molecule has 0 bridgehead atoms. The number of rotatable bonds is 5. The topological polar surface area (TPSA) is 89.9 Å². The van der Waals surface area contributed by atoms with E-state index in [2.05, 4.69) is 5.10 Å². The van der Waals surface area contributed by atoms with Crippen molar-refractivity contribution in [1.29, 1.82) is 5.26 Å². The predicted molar refractivity (Wildman–Crippen MR) is 132 cm³/mol. The Balaban J connectivity index is 2.11. The van der Waals surface area contributed by atoms with Crippen molar-refractivity contribution in [2.24, 2.45) is 7.05 Å². The molecule has 7 nitrogen and oxygen atoms in total. The highest BCUT2D eigenvalue weighted by Crippen LogP contribution is 2.23. The average Bonchev–Trinajstić information content (AvgIpc) is 3.39. The first kappa shape index (κ1) is 23.2. The Morgan fingerprint density at radius 1 is 1.24 bits per heavy atom. The number of methoxy groups -OCH3 is 1. The van der Waals surface area contributed by atoms with E-state index in [1.807, 2.05) is 6.07 Å². The molecule has 0 saturated carbocycles. The van der Waals surface area contributed by atoms with Gasteiger partial charge in [0.2, 0.25) is 5.78 Å². The number of aryl methyl sites for hydroxylation is 1. The SMILES string of the molecule is COc1ccccc1C(=O)/C(C#N)=c1\s/c(=C/c2cnn(C)c2)c(=O)n1-c1cccc(Cl)c1C. The van der Waals surface area contributed by atoms with Crippen molar-refractivity contribution in [1.82, 2.24) is 14.3 Å². The summed E-state index contributed by atoms with van der Waals surface area (Å²) in [6, 6.07) is 13.8. The van der Waals surface area contributed by atoms with Gasteiger partial charge in [0.1, 0.15) is 22.1 Å². The number of nitrogens with zero attached hydrogens (tertiary/aromatic N) is 4. The van der Waals surface area contributed by atoms with E-state index in [-0.39, 0.29) is 21.4 Å². The number of carbonyl (C=O) groups excluding carboxylic acids is 1. The number of nitriles is 1. The number of hydrogen-bond acceptors (Lipinski definition) is 6. The third-order valence-electron chi connectivity index (χ3n) is 5.23. The van der Waals surface area contributed by atoms with Crippen LogP contribution in [-0.4, -0.2) is 27.2 Å². The lowest BCUT2D eigenvalue weighted by molar-refractivity contribution is 0.105. The van der Waals surface area contributed by atoms with Crippen LogP contribution in [-0.2, 0) is 7.05 Å². The van der Waals surface area contributed by atoms with Crippen LogP contribution in [0.1, 0.15) is 21.5 Å². The first-order valence-electron chi connectivity index (χ1n) is 10.2. The molecule has 0 atom stereocenters. The number of Topliss-reactive ketones (excluding diaryl/α,β-unsaturated/α-hetero) is 1. The summed E-state index contributed by atoms with van der Waals surface area (Å²) < 4.78 is 8.88. The second-order valence-electron chi connectivity index (χ2n) is 7.40. The molecule has 0 unspecified atom stereocenters. The number of benzene rings is 2. The van der Waals surface area contributed by atoms with E-state index in [0.717, 1.165) is 16.9 Å². The molecule has 0 radical (unpaired) electrons. The number of carbonyl (C=O) groups is 1. The molecule has 0 spiro atoms. The summed E-state index contributed by atoms with van der Waals surface area (Å²) in [6.45, 7) is 1.78. The molecular weight excluding hydrogens is 472 g/mol. The molecule has 0 fully saturated rings. The molecule has 170 valence electrons. The van der Waals surface area contributed by atoms with Gasteiger partial charge < -0.3 is 4.74 Å². The second-order valence-corrected chi connectivity index (χ2v) is 8.84. The third kappa shape index (κ3) is 4.19. The number of aromatic nitrogens is 3. The number of para-hydroxylation sites is 1. The van der Waals surface area contributed by atoms with Gasteiger partial charge in [-0.1, -0.05) is 29.8 Å². The fraction of sp³-hybridized carbons (Fsp3) is 0.120. The summed E-state index contributed by atoms with van der Waals surface area (Å²) in [4.78, 5) is 27.1. The van der Waals surface area contributed by atoms with Crippen molar-refractivity contribution in [3.05, 3.63) is 96.1 Å². The van der Waals surface area contributed by atoms with E-state index < -0.39 is 5.78 Å². The summed E-state index contributed by atoms with van der Waals surface area (Å²) in [6.07, 6.45) is 5.08. The van der Waals surface area contributed by atoms with Gasteiger partial charge in [-0.2, -0.15) is 10.4 Å². The Morgan fingerprint density at radius 3 is 2.68 bits per heavy atom. The van der Waals surface area contributed by atoms with Crippen LogP contribution in [0.4, 0.5) is 0 Å². The van der Waals surface area contributed by atoms with Gasteiger partial charge in [-0.05, 0) is 42.8 Å². The van der Waals surface area contributed by atoms with Crippen LogP contribution in [0.5, 0.6) is 5.75 Å². The number of thiazole rings is 1. The minimum Gasteiger partial charge on any atom is -0.496 e. The van der Waals surface area contributed by atoms with Crippen LogP contribution in [0.15, 0.2) is 59.7 Å².